The minimum atomic E-state index is -2.90. The molecule has 10 heteroatoms. The summed E-state index contributed by atoms with van der Waals surface area (Å²) in [4.78, 5) is 2.80. The van der Waals surface area contributed by atoms with Crippen molar-refractivity contribution in [2.75, 3.05) is 39.6 Å². The lowest BCUT2D eigenvalue weighted by atomic mass is 10.4. The summed E-state index contributed by atoms with van der Waals surface area (Å²) in [5, 5.41) is 36.7. The molecule has 0 heterocycles. The van der Waals surface area contributed by atoms with Crippen molar-refractivity contribution >= 4 is 8.25 Å². The summed E-state index contributed by atoms with van der Waals surface area (Å²) in [7, 11) is -2.90. The molecule has 0 aromatic carbocycles. The van der Waals surface area contributed by atoms with Gasteiger partial charge in [-0.05, 0) is 0 Å². The maximum absolute atomic E-state index is 11.7. The van der Waals surface area contributed by atoms with Gasteiger partial charge in [0.2, 0.25) is 0 Å². The van der Waals surface area contributed by atoms with Gasteiger partial charge in [0.25, 0.3) is 0 Å². The summed E-state index contributed by atoms with van der Waals surface area (Å²) in [5.41, 5.74) is 0. The van der Waals surface area contributed by atoms with E-state index < -0.39 is 8.25 Å². The lowest BCUT2D eigenvalue weighted by Crippen LogP contribution is -2.30. The fourth-order valence-electron chi connectivity index (χ4n) is 1.66. The SMILES string of the molecule is C=C(O)CN(CO[PH](=O)OCN(CC(=C)O)CC(=C)O)CC(=C)O. The Labute approximate surface area is 142 Å². The third-order valence-electron chi connectivity index (χ3n) is 2.35. The molecule has 0 fully saturated rings. The second-order valence-electron chi connectivity index (χ2n) is 5.04. The average molecular weight is 364 g/mol. The van der Waals surface area contributed by atoms with Crippen molar-refractivity contribution in [3.05, 3.63) is 49.4 Å². The van der Waals surface area contributed by atoms with Crippen molar-refractivity contribution in [2.24, 2.45) is 0 Å². The number of rotatable bonds is 14. The topological polar surface area (TPSA) is 123 Å². The smallest absolute Gasteiger partial charge is 0.321 e. The summed E-state index contributed by atoms with van der Waals surface area (Å²) < 4.78 is 21.8. The zero-order valence-electron chi connectivity index (χ0n) is 13.5. The molecule has 0 radical (unpaired) electrons. The molecule has 0 aromatic heterocycles. The Kier molecular flexibility index (Phi) is 10.9. The van der Waals surface area contributed by atoms with Crippen molar-refractivity contribution in [1.82, 2.24) is 9.80 Å². The summed E-state index contributed by atoms with van der Waals surface area (Å²) in [6, 6.07) is 0. The molecule has 0 atom stereocenters. The molecule has 24 heavy (non-hydrogen) atoms. The molecular weight excluding hydrogens is 339 g/mol. The van der Waals surface area contributed by atoms with Crippen LogP contribution in [0.3, 0.4) is 0 Å². The highest BCUT2D eigenvalue weighted by Crippen LogP contribution is 2.24. The summed E-state index contributed by atoms with van der Waals surface area (Å²) in [6.07, 6.45) is 0. The average Bonchev–Trinajstić information content (AvgIpc) is 2.39. The molecule has 9 nitrogen and oxygen atoms in total. The van der Waals surface area contributed by atoms with Crippen molar-refractivity contribution in [3.8, 4) is 0 Å². The quantitative estimate of drug-likeness (QED) is 0.209. The van der Waals surface area contributed by atoms with E-state index in [1.165, 1.54) is 9.80 Å². The van der Waals surface area contributed by atoms with Crippen molar-refractivity contribution in [2.45, 2.75) is 0 Å². The standard InChI is InChI=1S/C14H25N2O7P/c1-11(17)5-15(6-12(2)18)9-22-24(21)23-10-16(7-13(3)19)8-14(4)20/h17-20,24H,1-10H2. The highest BCUT2D eigenvalue weighted by molar-refractivity contribution is 7.33. The Morgan fingerprint density at radius 2 is 0.958 bits per heavy atom. The highest BCUT2D eigenvalue weighted by Gasteiger charge is 2.13. The lowest BCUT2D eigenvalue weighted by molar-refractivity contribution is 0.0783. The molecule has 138 valence electrons. The van der Waals surface area contributed by atoms with E-state index in [0.29, 0.717) is 0 Å². The minimum absolute atomic E-state index is 0.00444. The predicted octanol–water partition coefficient (Wildman–Crippen LogP) is 2.22. The number of hydrogen-bond acceptors (Lipinski definition) is 9. The largest absolute Gasteiger partial charge is 0.512 e. The molecule has 4 N–H and O–H groups in total. The molecular formula is C14H25N2O7P. The minimum Gasteiger partial charge on any atom is -0.512 e. The van der Waals surface area contributed by atoms with Crippen molar-refractivity contribution in [3.63, 3.8) is 0 Å². The van der Waals surface area contributed by atoms with Crippen LogP contribution in [-0.2, 0) is 13.6 Å². The molecule has 0 bridgehead atoms. The second-order valence-corrected chi connectivity index (χ2v) is 6.11. The Hall–Kier alpha value is -1.77. The molecule has 0 saturated carbocycles. The Morgan fingerprint density at radius 3 is 1.17 bits per heavy atom. The monoisotopic (exact) mass is 364 g/mol. The summed E-state index contributed by atoms with van der Waals surface area (Å²) >= 11 is 0. The number of hydrogen-bond donors (Lipinski definition) is 4. The zero-order chi connectivity index (χ0) is 18.7. The van der Waals surface area contributed by atoms with Crippen LogP contribution >= 0.6 is 8.25 Å². The Morgan fingerprint density at radius 1 is 0.708 bits per heavy atom. The van der Waals surface area contributed by atoms with Gasteiger partial charge in [-0.25, -0.2) is 0 Å². The molecule has 0 aliphatic heterocycles. The number of aliphatic hydroxyl groups excluding tert-OH is 4. The predicted molar refractivity (Wildman–Crippen MR) is 91.1 cm³/mol. The van der Waals surface area contributed by atoms with Crippen LogP contribution in [0.25, 0.3) is 0 Å². The van der Waals surface area contributed by atoms with Gasteiger partial charge in [0, 0.05) is 0 Å². The van der Waals surface area contributed by atoms with Crippen LogP contribution in [-0.4, -0.2) is 69.9 Å². The molecule has 0 spiro atoms. The van der Waals surface area contributed by atoms with Crippen molar-refractivity contribution < 1.29 is 34.0 Å². The van der Waals surface area contributed by atoms with Crippen LogP contribution in [0, 0.1) is 0 Å². The third-order valence-corrected chi connectivity index (χ3v) is 3.08. The Balaban J connectivity index is 4.37. The molecule has 0 unspecified atom stereocenters. The van der Waals surface area contributed by atoms with Crippen molar-refractivity contribution in [1.29, 1.82) is 0 Å². The molecule has 0 aliphatic carbocycles. The fraction of sp³-hybridized carbons (Fsp3) is 0.429. The molecule has 0 aliphatic rings. The maximum atomic E-state index is 11.7. The third kappa shape index (κ3) is 12.7. The van der Waals surface area contributed by atoms with Gasteiger partial charge in [0.1, 0.15) is 13.5 Å². The second kappa shape index (κ2) is 11.7. The van der Waals surface area contributed by atoms with E-state index in [-0.39, 0.29) is 62.7 Å². The van der Waals surface area contributed by atoms with Crippen LogP contribution < -0.4 is 0 Å². The van der Waals surface area contributed by atoms with Gasteiger partial charge in [-0.2, -0.15) is 0 Å². The van der Waals surface area contributed by atoms with Crippen LogP contribution in [0.4, 0.5) is 0 Å². The van der Waals surface area contributed by atoms with Gasteiger partial charge < -0.3 is 20.4 Å². The first-order valence-corrected chi connectivity index (χ1v) is 8.03. The molecule has 0 saturated heterocycles. The van der Waals surface area contributed by atoms with E-state index >= 15 is 0 Å². The highest BCUT2D eigenvalue weighted by atomic mass is 31.1. The van der Waals surface area contributed by atoms with Crippen LogP contribution in [0.5, 0.6) is 0 Å². The van der Waals surface area contributed by atoms with Gasteiger partial charge in [-0.1, -0.05) is 26.3 Å². The van der Waals surface area contributed by atoms with E-state index in [1.807, 2.05) is 0 Å². The van der Waals surface area contributed by atoms with Gasteiger partial charge in [0.15, 0.2) is 0 Å². The van der Waals surface area contributed by atoms with Gasteiger partial charge >= 0.3 is 8.25 Å². The first-order chi connectivity index (χ1) is 11.1. The van der Waals surface area contributed by atoms with E-state index in [2.05, 4.69) is 26.3 Å². The van der Waals surface area contributed by atoms with Gasteiger partial charge in [0.05, 0.1) is 49.2 Å². The molecule has 0 aromatic rings. The van der Waals surface area contributed by atoms with E-state index in [9.17, 15) is 25.0 Å². The Bertz CT molecular complexity index is 422. The summed E-state index contributed by atoms with van der Waals surface area (Å²) in [6.45, 7) is 12.9. The van der Waals surface area contributed by atoms with Crippen LogP contribution in [0.15, 0.2) is 49.4 Å². The maximum Gasteiger partial charge on any atom is 0.321 e. The molecule has 0 rings (SSSR count). The van der Waals surface area contributed by atoms with Crippen LogP contribution in [0.1, 0.15) is 0 Å². The number of aliphatic hydroxyl groups is 4. The molecule has 0 amide bonds. The van der Waals surface area contributed by atoms with E-state index in [4.69, 9.17) is 9.05 Å². The van der Waals surface area contributed by atoms with Gasteiger partial charge in [-0.15, -0.1) is 0 Å². The zero-order valence-corrected chi connectivity index (χ0v) is 14.5. The first kappa shape index (κ1) is 22.2. The summed E-state index contributed by atoms with van der Waals surface area (Å²) in [5.74, 6) is -0.631. The lowest BCUT2D eigenvalue weighted by Gasteiger charge is -2.22. The number of nitrogens with zero attached hydrogens (tertiary/aromatic N) is 2. The van der Waals surface area contributed by atoms with E-state index in [0.717, 1.165) is 0 Å². The first-order valence-electron chi connectivity index (χ1n) is 6.81. The normalized spacial score (nSPS) is 11.1. The van der Waals surface area contributed by atoms with Gasteiger partial charge in [-0.3, -0.25) is 23.4 Å². The fourth-order valence-corrected chi connectivity index (χ4v) is 2.32. The van der Waals surface area contributed by atoms with E-state index in [1.54, 1.807) is 0 Å². The van der Waals surface area contributed by atoms with Crippen LogP contribution in [0.2, 0.25) is 0 Å².